The lowest BCUT2D eigenvalue weighted by atomic mass is 9.86. The van der Waals surface area contributed by atoms with Gasteiger partial charge in [-0.15, -0.1) is 0 Å². The van der Waals surface area contributed by atoms with Gasteiger partial charge in [-0.2, -0.15) is 4.98 Å². The number of fused-ring (bicyclic) bond motifs is 3. The zero-order valence-electron chi connectivity index (χ0n) is 17.1. The Hall–Kier alpha value is -3.00. The Bertz CT molecular complexity index is 1130. The van der Waals surface area contributed by atoms with E-state index in [0.29, 0.717) is 35.5 Å². The first kappa shape index (κ1) is 17.8. The number of aromatic nitrogens is 4. The molecule has 0 atom stereocenters. The molecule has 8 nitrogen and oxygen atoms in total. The summed E-state index contributed by atoms with van der Waals surface area (Å²) in [5, 5.41) is 7.96. The average Bonchev–Trinajstić information content (AvgIpc) is 3.69. The summed E-state index contributed by atoms with van der Waals surface area (Å²) < 4.78 is 7.71. The monoisotopic (exact) mass is 404 g/mol. The summed E-state index contributed by atoms with van der Waals surface area (Å²) >= 11 is 0. The normalized spacial score (nSPS) is 18.9. The van der Waals surface area contributed by atoms with E-state index in [4.69, 9.17) is 9.51 Å². The summed E-state index contributed by atoms with van der Waals surface area (Å²) in [6, 6.07) is 7.59. The third kappa shape index (κ3) is 2.43. The van der Waals surface area contributed by atoms with E-state index in [2.05, 4.69) is 15.5 Å². The Morgan fingerprint density at radius 1 is 1.17 bits per heavy atom. The summed E-state index contributed by atoms with van der Waals surface area (Å²) in [6.45, 7) is 0.420. The Balaban J connectivity index is 1.45. The second kappa shape index (κ2) is 6.25. The molecule has 0 spiro atoms. The molecule has 2 fully saturated rings. The number of hydrogen-bond acceptors (Lipinski definition) is 6. The van der Waals surface area contributed by atoms with Gasteiger partial charge in [0.15, 0.2) is 11.5 Å². The van der Waals surface area contributed by atoms with Gasteiger partial charge < -0.3 is 14.7 Å². The molecule has 2 aromatic heterocycles. The summed E-state index contributed by atoms with van der Waals surface area (Å²) in [7, 11) is 3.81. The number of carbonyl (C=O) groups is 1. The number of para-hydroxylation sites is 1. The standard InChI is InChI=1S/C22H24N6O2/c1-23-22(13-7-8-13,14-9-10-14)21-25-19(30-26-21)18-17-11-27(2)20(29)15-5-3-4-6-16(15)28(17)12-24-18/h3-6,12-14,23H,7-11H2,1-2H3. The van der Waals surface area contributed by atoms with Crippen molar-refractivity contribution in [3.05, 3.63) is 47.7 Å². The topological polar surface area (TPSA) is 89.1 Å². The Morgan fingerprint density at radius 3 is 2.60 bits per heavy atom. The van der Waals surface area contributed by atoms with Gasteiger partial charge in [0, 0.05) is 7.05 Å². The molecule has 8 heteroatoms. The molecule has 1 aromatic carbocycles. The van der Waals surface area contributed by atoms with E-state index < -0.39 is 0 Å². The highest BCUT2D eigenvalue weighted by atomic mass is 16.5. The van der Waals surface area contributed by atoms with Crippen LogP contribution in [0, 0.1) is 11.8 Å². The van der Waals surface area contributed by atoms with E-state index in [0.717, 1.165) is 17.2 Å². The molecule has 154 valence electrons. The van der Waals surface area contributed by atoms with Gasteiger partial charge in [-0.25, -0.2) is 4.98 Å². The zero-order chi connectivity index (χ0) is 20.5. The van der Waals surface area contributed by atoms with Crippen molar-refractivity contribution in [3.8, 4) is 17.3 Å². The van der Waals surface area contributed by atoms with Crippen LogP contribution in [0.3, 0.4) is 0 Å². The number of imidazole rings is 1. The van der Waals surface area contributed by atoms with E-state index in [-0.39, 0.29) is 11.4 Å². The molecule has 3 aromatic rings. The minimum Gasteiger partial charge on any atom is -0.336 e. The van der Waals surface area contributed by atoms with Crippen molar-refractivity contribution < 1.29 is 9.32 Å². The van der Waals surface area contributed by atoms with Crippen LogP contribution in [0.4, 0.5) is 0 Å². The van der Waals surface area contributed by atoms with Crippen molar-refractivity contribution in [2.75, 3.05) is 14.1 Å². The number of benzene rings is 1. The molecule has 3 aliphatic rings. The first-order valence-electron chi connectivity index (χ1n) is 10.6. The molecule has 2 saturated carbocycles. The minimum absolute atomic E-state index is 0.0110. The van der Waals surface area contributed by atoms with E-state index in [1.807, 2.05) is 35.9 Å². The van der Waals surface area contributed by atoms with Crippen molar-refractivity contribution in [2.24, 2.45) is 11.8 Å². The van der Waals surface area contributed by atoms with Gasteiger partial charge >= 0.3 is 0 Å². The molecule has 3 heterocycles. The number of carbonyl (C=O) groups excluding carboxylic acids is 1. The van der Waals surface area contributed by atoms with E-state index in [1.54, 1.807) is 18.3 Å². The van der Waals surface area contributed by atoms with Gasteiger partial charge in [-0.3, -0.25) is 9.36 Å². The minimum atomic E-state index is -0.197. The third-order valence-electron chi connectivity index (χ3n) is 6.85. The van der Waals surface area contributed by atoms with Crippen LogP contribution in [-0.4, -0.2) is 44.6 Å². The van der Waals surface area contributed by atoms with Gasteiger partial charge in [-0.05, 0) is 56.7 Å². The highest BCUT2D eigenvalue weighted by molar-refractivity contribution is 5.98. The lowest BCUT2D eigenvalue weighted by Gasteiger charge is -2.30. The molecule has 2 aliphatic carbocycles. The van der Waals surface area contributed by atoms with Crippen LogP contribution in [0.2, 0.25) is 0 Å². The lowest BCUT2D eigenvalue weighted by Crippen LogP contribution is -2.45. The van der Waals surface area contributed by atoms with E-state index in [1.165, 1.54) is 25.7 Å². The van der Waals surface area contributed by atoms with E-state index in [9.17, 15) is 4.79 Å². The molecule has 1 aliphatic heterocycles. The number of hydrogen-bond donors (Lipinski definition) is 1. The summed E-state index contributed by atoms with van der Waals surface area (Å²) in [5.74, 6) is 2.28. The highest BCUT2D eigenvalue weighted by Crippen LogP contribution is 2.56. The predicted octanol–water partition coefficient (Wildman–Crippen LogP) is 2.74. The molecular formula is C22H24N6O2. The molecule has 1 amide bonds. The van der Waals surface area contributed by atoms with Crippen molar-refractivity contribution in [1.29, 1.82) is 0 Å². The highest BCUT2D eigenvalue weighted by Gasteiger charge is 2.57. The molecule has 1 N–H and O–H groups in total. The van der Waals surface area contributed by atoms with Gasteiger partial charge in [0.2, 0.25) is 0 Å². The molecular weight excluding hydrogens is 380 g/mol. The maximum Gasteiger partial charge on any atom is 0.278 e. The fourth-order valence-corrected chi connectivity index (χ4v) is 5.06. The maximum atomic E-state index is 12.8. The molecule has 0 radical (unpaired) electrons. The zero-order valence-corrected chi connectivity index (χ0v) is 17.1. The Morgan fingerprint density at radius 2 is 1.90 bits per heavy atom. The van der Waals surface area contributed by atoms with Crippen molar-refractivity contribution >= 4 is 5.91 Å². The third-order valence-corrected chi connectivity index (χ3v) is 6.85. The van der Waals surface area contributed by atoms with Gasteiger partial charge in [0.05, 0.1) is 29.0 Å². The molecule has 0 unspecified atom stereocenters. The summed E-state index contributed by atoms with van der Waals surface area (Å²) in [5.41, 5.74) is 2.80. The second-order valence-corrected chi connectivity index (χ2v) is 8.68. The first-order valence-corrected chi connectivity index (χ1v) is 10.6. The van der Waals surface area contributed by atoms with Crippen LogP contribution in [0.15, 0.2) is 35.1 Å². The number of amides is 1. The molecule has 0 bridgehead atoms. The quantitative estimate of drug-likeness (QED) is 0.703. The second-order valence-electron chi connectivity index (χ2n) is 8.68. The summed E-state index contributed by atoms with van der Waals surface area (Å²) in [4.78, 5) is 24.0. The SMILES string of the molecule is CNC(c1noc(-c2ncn3c2CN(C)C(=O)c2ccccc2-3)n1)(C1CC1)C1CC1. The predicted molar refractivity (Wildman–Crippen MR) is 109 cm³/mol. The fraction of sp³-hybridized carbons (Fsp3) is 0.455. The number of rotatable bonds is 5. The van der Waals surface area contributed by atoms with Crippen LogP contribution in [-0.2, 0) is 12.1 Å². The number of nitrogens with zero attached hydrogens (tertiary/aromatic N) is 5. The van der Waals surface area contributed by atoms with Crippen molar-refractivity contribution in [1.82, 2.24) is 29.9 Å². The van der Waals surface area contributed by atoms with Crippen LogP contribution in [0.5, 0.6) is 0 Å². The van der Waals surface area contributed by atoms with Gasteiger partial charge in [0.1, 0.15) is 6.33 Å². The van der Waals surface area contributed by atoms with Crippen molar-refractivity contribution in [2.45, 2.75) is 37.8 Å². The van der Waals surface area contributed by atoms with E-state index >= 15 is 0 Å². The largest absolute Gasteiger partial charge is 0.336 e. The first-order chi connectivity index (χ1) is 14.6. The molecule has 30 heavy (non-hydrogen) atoms. The summed E-state index contributed by atoms with van der Waals surface area (Å²) in [6.07, 6.45) is 6.54. The van der Waals surface area contributed by atoms with Crippen LogP contribution >= 0.6 is 0 Å². The van der Waals surface area contributed by atoms with Crippen molar-refractivity contribution in [3.63, 3.8) is 0 Å². The lowest BCUT2D eigenvalue weighted by molar-refractivity contribution is 0.0788. The van der Waals surface area contributed by atoms with Gasteiger partial charge in [0.25, 0.3) is 11.8 Å². The average molecular weight is 404 g/mol. The van der Waals surface area contributed by atoms with Crippen LogP contribution in [0.25, 0.3) is 17.3 Å². The Kier molecular flexibility index (Phi) is 3.71. The number of nitrogens with one attached hydrogen (secondary N) is 1. The molecule has 6 rings (SSSR count). The maximum absolute atomic E-state index is 12.8. The Labute approximate surface area is 174 Å². The van der Waals surface area contributed by atoms with Crippen LogP contribution < -0.4 is 5.32 Å². The smallest absolute Gasteiger partial charge is 0.278 e. The fourth-order valence-electron chi connectivity index (χ4n) is 5.06. The van der Waals surface area contributed by atoms with Gasteiger partial charge in [-0.1, -0.05) is 17.3 Å². The van der Waals surface area contributed by atoms with Crippen LogP contribution in [0.1, 0.15) is 47.6 Å². The molecule has 0 saturated heterocycles.